The molecule has 8 nitrogen and oxygen atoms in total. The molecule has 0 spiro atoms. The molecule has 8 heteroatoms. The highest BCUT2D eigenvalue weighted by Crippen LogP contribution is 2.25. The van der Waals surface area contributed by atoms with Gasteiger partial charge in [-0.15, -0.1) is 0 Å². The number of urea groups is 1. The van der Waals surface area contributed by atoms with Gasteiger partial charge in [-0.1, -0.05) is 0 Å². The van der Waals surface area contributed by atoms with Gasteiger partial charge in [0.25, 0.3) is 0 Å². The fraction of sp³-hybridized carbons (Fsp3) is 0.800. The zero-order valence-corrected chi connectivity index (χ0v) is 10.00. The number of nitrogens with zero attached hydrogens (tertiary/aromatic N) is 1. The Morgan fingerprint density at radius 2 is 2.28 bits per heavy atom. The first-order chi connectivity index (χ1) is 8.35. The maximum atomic E-state index is 11.7. The molecule has 3 amide bonds. The van der Waals surface area contributed by atoms with Crippen LogP contribution in [-0.4, -0.2) is 64.2 Å². The normalized spacial score (nSPS) is 41.1. The molecule has 2 aliphatic rings. The van der Waals surface area contributed by atoms with E-state index >= 15 is 0 Å². The zero-order valence-electron chi connectivity index (χ0n) is 10.00. The quantitative estimate of drug-likeness (QED) is 0.443. The molecule has 2 aliphatic heterocycles. The van der Waals surface area contributed by atoms with Crippen LogP contribution in [0.5, 0.6) is 0 Å². The summed E-state index contributed by atoms with van der Waals surface area (Å²) in [5.74, 6) is -0.541. The van der Waals surface area contributed by atoms with E-state index in [1.54, 1.807) is 0 Å². The van der Waals surface area contributed by atoms with Gasteiger partial charge in [-0.25, -0.2) is 4.79 Å². The van der Waals surface area contributed by atoms with Crippen LogP contribution in [0.2, 0.25) is 0 Å². The molecule has 0 aromatic carbocycles. The van der Waals surface area contributed by atoms with Gasteiger partial charge in [-0.05, 0) is 6.92 Å². The predicted molar refractivity (Wildman–Crippen MR) is 59.2 cm³/mol. The minimum absolute atomic E-state index is 0.00714. The smallest absolute Gasteiger partial charge is 0.326 e. The summed E-state index contributed by atoms with van der Waals surface area (Å²) in [6, 6.07) is -0.598. The molecule has 2 saturated heterocycles. The lowest BCUT2D eigenvalue weighted by atomic mass is 9.99. The third-order valence-corrected chi connectivity index (χ3v) is 3.23. The number of hydrogen-bond donors (Lipinski definition) is 4. The topological polar surface area (TPSA) is 125 Å². The van der Waals surface area contributed by atoms with E-state index in [0.29, 0.717) is 0 Å². The standard InChI is InChI=1S/C10H17N3O5/c1-10(11)4-13(9(17)12-8(10)16)7-2-5(15)6(3-14)18-7/h5-7,14-15H,2-4,11H2,1H3,(H,12,16,17)/t5-,6+,7+,10?/m0/s1. The maximum absolute atomic E-state index is 11.7. The van der Waals surface area contributed by atoms with Crippen LogP contribution in [0, 0.1) is 0 Å². The van der Waals surface area contributed by atoms with Gasteiger partial charge in [0.1, 0.15) is 17.9 Å². The molecule has 0 aromatic rings. The number of aliphatic hydroxyl groups excluding tert-OH is 2. The highest BCUT2D eigenvalue weighted by Gasteiger charge is 2.46. The van der Waals surface area contributed by atoms with Crippen LogP contribution < -0.4 is 11.1 Å². The summed E-state index contributed by atoms with van der Waals surface area (Å²) >= 11 is 0. The molecule has 2 rings (SSSR count). The highest BCUT2D eigenvalue weighted by molar-refractivity contribution is 6.01. The van der Waals surface area contributed by atoms with Crippen LogP contribution in [0.4, 0.5) is 4.79 Å². The highest BCUT2D eigenvalue weighted by atomic mass is 16.5. The molecular formula is C10H17N3O5. The number of rotatable bonds is 2. The van der Waals surface area contributed by atoms with Gasteiger partial charge in [0.05, 0.1) is 19.3 Å². The fourth-order valence-electron chi connectivity index (χ4n) is 2.11. The number of ether oxygens (including phenoxy) is 1. The number of aliphatic hydroxyl groups is 2. The van der Waals surface area contributed by atoms with Crippen molar-refractivity contribution in [2.45, 2.75) is 37.3 Å². The zero-order chi connectivity index (χ0) is 13.5. The van der Waals surface area contributed by atoms with E-state index in [1.165, 1.54) is 11.8 Å². The molecular weight excluding hydrogens is 242 g/mol. The third kappa shape index (κ3) is 2.19. The lowest BCUT2D eigenvalue weighted by Gasteiger charge is -2.39. The first kappa shape index (κ1) is 13.2. The van der Waals surface area contributed by atoms with Crippen LogP contribution in [0.15, 0.2) is 0 Å². The molecule has 1 unspecified atom stereocenters. The monoisotopic (exact) mass is 259 g/mol. The molecule has 0 saturated carbocycles. The van der Waals surface area contributed by atoms with E-state index in [2.05, 4.69) is 5.32 Å². The maximum Gasteiger partial charge on any atom is 0.326 e. The van der Waals surface area contributed by atoms with Crippen molar-refractivity contribution >= 4 is 11.9 Å². The van der Waals surface area contributed by atoms with Gasteiger partial charge in [0.2, 0.25) is 5.91 Å². The Hall–Kier alpha value is -1.22. The number of imide groups is 1. The molecule has 4 atom stereocenters. The summed E-state index contributed by atoms with van der Waals surface area (Å²) in [5, 5.41) is 20.7. The van der Waals surface area contributed by atoms with Gasteiger partial charge < -0.3 is 20.7 Å². The first-order valence-corrected chi connectivity index (χ1v) is 5.70. The Morgan fingerprint density at radius 1 is 1.61 bits per heavy atom. The van der Waals surface area contributed by atoms with Crippen molar-refractivity contribution in [2.24, 2.45) is 5.73 Å². The van der Waals surface area contributed by atoms with E-state index in [1.807, 2.05) is 0 Å². The fourth-order valence-corrected chi connectivity index (χ4v) is 2.11. The van der Waals surface area contributed by atoms with E-state index < -0.39 is 35.9 Å². The van der Waals surface area contributed by atoms with E-state index in [0.717, 1.165) is 0 Å². The molecule has 18 heavy (non-hydrogen) atoms. The molecule has 0 aliphatic carbocycles. The van der Waals surface area contributed by atoms with Crippen molar-refractivity contribution in [3.63, 3.8) is 0 Å². The van der Waals surface area contributed by atoms with Crippen molar-refractivity contribution in [1.29, 1.82) is 0 Å². The predicted octanol–water partition coefficient (Wildman–Crippen LogP) is -2.28. The van der Waals surface area contributed by atoms with Crippen molar-refractivity contribution in [1.82, 2.24) is 10.2 Å². The Bertz CT molecular complexity index is 373. The summed E-state index contributed by atoms with van der Waals surface area (Å²) in [6.45, 7) is 1.19. The van der Waals surface area contributed by atoms with E-state index in [-0.39, 0.29) is 19.6 Å². The number of nitrogens with two attached hydrogens (primary N) is 1. The average Bonchev–Trinajstić information content (AvgIpc) is 2.65. The number of amides is 3. The first-order valence-electron chi connectivity index (χ1n) is 5.70. The third-order valence-electron chi connectivity index (χ3n) is 3.23. The summed E-state index contributed by atoms with van der Waals surface area (Å²) in [7, 11) is 0. The molecule has 102 valence electrons. The Labute approximate surface area is 104 Å². The van der Waals surface area contributed by atoms with Gasteiger partial charge >= 0.3 is 6.03 Å². The lowest BCUT2D eigenvalue weighted by molar-refractivity contribution is -0.130. The molecule has 0 radical (unpaired) electrons. The number of nitrogens with one attached hydrogen (secondary N) is 1. The molecule has 0 aromatic heterocycles. The molecule has 0 bridgehead atoms. The molecule has 2 fully saturated rings. The Kier molecular flexibility index (Phi) is 3.28. The summed E-state index contributed by atoms with van der Waals surface area (Å²) in [4.78, 5) is 24.4. The number of carbonyl (C=O) groups excluding carboxylic acids is 2. The minimum Gasteiger partial charge on any atom is -0.394 e. The van der Waals surface area contributed by atoms with Crippen LogP contribution in [0.25, 0.3) is 0 Å². The molecule has 5 N–H and O–H groups in total. The van der Waals surface area contributed by atoms with Crippen LogP contribution in [0.3, 0.4) is 0 Å². The van der Waals surface area contributed by atoms with E-state index in [4.69, 9.17) is 15.6 Å². The largest absolute Gasteiger partial charge is 0.394 e. The van der Waals surface area contributed by atoms with Gasteiger partial charge in [-0.2, -0.15) is 0 Å². The Balaban J connectivity index is 2.10. The number of hydrogen-bond acceptors (Lipinski definition) is 6. The van der Waals surface area contributed by atoms with E-state index in [9.17, 15) is 14.7 Å². The van der Waals surface area contributed by atoms with Crippen molar-refractivity contribution in [3.8, 4) is 0 Å². The van der Waals surface area contributed by atoms with Gasteiger partial charge in [0.15, 0.2) is 0 Å². The van der Waals surface area contributed by atoms with Crippen LogP contribution in [-0.2, 0) is 9.53 Å². The summed E-state index contributed by atoms with van der Waals surface area (Å²) in [5.41, 5.74) is 4.58. The van der Waals surface area contributed by atoms with Crippen LogP contribution in [0.1, 0.15) is 13.3 Å². The Morgan fingerprint density at radius 3 is 2.83 bits per heavy atom. The van der Waals surface area contributed by atoms with Crippen molar-refractivity contribution in [3.05, 3.63) is 0 Å². The second-order valence-corrected chi connectivity index (χ2v) is 4.92. The van der Waals surface area contributed by atoms with Crippen molar-refractivity contribution in [2.75, 3.05) is 13.2 Å². The van der Waals surface area contributed by atoms with Gasteiger partial charge in [-0.3, -0.25) is 15.0 Å². The van der Waals surface area contributed by atoms with Crippen LogP contribution >= 0.6 is 0 Å². The number of carbonyl (C=O) groups is 2. The second-order valence-electron chi connectivity index (χ2n) is 4.92. The summed E-state index contributed by atoms with van der Waals surface area (Å²) < 4.78 is 5.36. The SMILES string of the molecule is CC1(N)CN([C@H]2C[C@H](O)[C@@H](CO)O2)C(=O)NC1=O. The molecule has 2 heterocycles. The minimum atomic E-state index is -1.19. The average molecular weight is 259 g/mol. The van der Waals surface area contributed by atoms with Gasteiger partial charge in [0, 0.05) is 6.42 Å². The second kappa shape index (κ2) is 4.47. The summed E-state index contributed by atoms with van der Waals surface area (Å²) in [6.07, 6.45) is -2.06. The lowest BCUT2D eigenvalue weighted by Crippen LogP contribution is -2.68. The van der Waals surface area contributed by atoms with Crippen molar-refractivity contribution < 1.29 is 24.5 Å².